The minimum absolute atomic E-state index is 0.269. The van der Waals surface area contributed by atoms with E-state index < -0.39 is 11.8 Å². The van der Waals surface area contributed by atoms with Gasteiger partial charge in [-0.25, -0.2) is 4.39 Å². The number of aromatic nitrogens is 1. The maximum atomic E-state index is 13.4. The van der Waals surface area contributed by atoms with Crippen LogP contribution in [-0.4, -0.2) is 21.6 Å². The minimum Gasteiger partial charge on any atom is -0.481 e. The second-order valence-electron chi connectivity index (χ2n) is 4.93. The van der Waals surface area contributed by atoms with Crippen LogP contribution >= 0.6 is 0 Å². The van der Waals surface area contributed by atoms with Crippen LogP contribution in [-0.2, 0) is 11.2 Å². The first-order valence-corrected chi connectivity index (χ1v) is 6.67. The Labute approximate surface area is 125 Å². The highest BCUT2D eigenvalue weighted by Gasteiger charge is 2.17. The van der Waals surface area contributed by atoms with Crippen LogP contribution in [0, 0.1) is 5.82 Å². The van der Waals surface area contributed by atoms with Gasteiger partial charge in [-0.2, -0.15) is 0 Å². The molecule has 1 N–H and O–H groups in total. The summed E-state index contributed by atoms with van der Waals surface area (Å²) in [4.78, 5) is 23.5. The fraction of sp³-hybridized carbons (Fsp3) is 0.0588. The predicted octanol–water partition coefficient (Wildman–Crippen LogP) is 3.10. The summed E-state index contributed by atoms with van der Waals surface area (Å²) in [6, 6.07) is 12.6. The Morgan fingerprint density at radius 1 is 1.09 bits per heavy atom. The van der Waals surface area contributed by atoms with Gasteiger partial charge in [0.25, 0.3) is 5.91 Å². The van der Waals surface area contributed by atoms with Crippen molar-refractivity contribution in [3.63, 3.8) is 0 Å². The summed E-state index contributed by atoms with van der Waals surface area (Å²) in [5, 5.41) is 9.41. The predicted molar refractivity (Wildman–Crippen MR) is 79.4 cm³/mol. The number of benzene rings is 2. The highest BCUT2D eigenvalue weighted by molar-refractivity contribution is 6.03. The van der Waals surface area contributed by atoms with E-state index in [-0.39, 0.29) is 12.3 Å². The molecule has 3 rings (SSSR count). The Morgan fingerprint density at radius 2 is 1.82 bits per heavy atom. The first-order chi connectivity index (χ1) is 10.6. The zero-order chi connectivity index (χ0) is 15.7. The lowest BCUT2D eigenvalue weighted by Crippen LogP contribution is -2.10. The van der Waals surface area contributed by atoms with E-state index in [4.69, 9.17) is 5.11 Å². The zero-order valence-electron chi connectivity index (χ0n) is 11.5. The highest BCUT2D eigenvalue weighted by atomic mass is 19.1. The summed E-state index contributed by atoms with van der Waals surface area (Å²) in [5.74, 6) is -1.78. The summed E-state index contributed by atoms with van der Waals surface area (Å²) in [5.41, 5.74) is 1.38. The number of halogens is 1. The molecule has 1 heterocycles. The van der Waals surface area contributed by atoms with Gasteiger partial charge in [0.1, 0.15) is 5.82 Å². The lowest BCUT2D eigenvalue weighted by atomic mass is 10.1. The van der Waals surface area contributed by atoms with Gasteiger partial charge in [0, 0.05) is 17.1 Å². The van der Waals surface area contributed by atoms with E-state index >= 15 is 0 Å². The summed E-state index contributed by atoms with van der Waals surface area (Å²) in [7, 11) is 0. The maximum absolute atomic E-state index is 13.4. The number of hydrogen-bond acceptors (Lipinski definition) is 2. The third-order valence-corrected chi connectivity index (χ3v) is 3.43. The molecule has 0 saturated carbocycles. The highest BCUT2D eigenvalue weighted by Crippen LogP contribution is 2.24. The van der Waals surface area contributed by atoms with Gasteiger partial charge in [-0.1, -0.05) is 18.2 Å². The molecule has 22 heavy (non-hydrogen) atoms. The van der Waals surface area contributed by atoms with Crippen molar-refractivity contribution < 1.29 is 19.1 Å². The second-order valence-corrected chi connectivity index (χ2v) is 4.93. The van der Waals surface area contributed by atoms with E-state index in [9.17, 15) is 14.0 Å². The Balaban J connectivity index is 2.18. The Bertz CT molecular complexity index is 868. The molecular formula is C17H12FNO3. The number of aliphatic carboxylic acids is 1. The van der Waals surface area contributed by atoms with Gasteiger partial charge in [0.15, 0.2) is 0 Å². The lowest BCUT2D eigenvalue weighted by molar-refractivity contribution is -0.136. The molecular weight excluding hydrogens is 285 g/mol. The van der Waals surface area contributed by atoms with Crippen LogP contribution in [0.4, 0.5) is 4.39 Å². The minimum atomic E-state index is -1.03. The molecule has 1 aromatic heterocycles. The second kappa shape index (κ2) is 5.44. The molecule has 0 bridgehead atoms. The van der Waals surface area contributed by atoms with Gasteiger partial charge >= 0.3 is 5.97 Å². The summed E-state index contributed by atoms with van der Waals surface area (Å²) < 4.78 is 14.8. The number of rotatable bonds is 3. The van der Waals surface area contributed by atoms with Crippen LogP contribution < -0.4 is 0 Å². The summed E-state index contributed by atoms with van der Waals surface area (Å²) >= 11 is 0. The van der Waals surface area contributed by atoms with Gasteiger partial charge in [0.05, 0.1) is 11.9 Å². The first kappa shape index (κ1) is 14.0. The number of nitrogens with zero attached hydrogens (tertiary/aromatic N) is 1. The SMILES string of the molecule is O=C(O)Cc1cn(C(=O)c2ccccc2)c2ccc(F)cc12. The molecule has 0 spiro atoms. The number of carboxylic acid groups (broad SMARTS) is 1. The van der Waals surface area contributed by atoms with Gasteiger partial charge in [-0.3, -0.25) is 14.2 Å². The zero-order valence-corrected chi connectivity index (χ0v) is 11.5. The molecule has 0 aliphatic heterocycles. The van der Waals surface area contributed by atoms with Gasteiger partial charge < -0.3 is 5.11 Å². The van der Waals surface area contributed by atoms with Crippen LogP contribution in [0.15, 0.2) is 54.7 Å². The van der Waals surface area contributed by atoms with Crippen molar-refractivity contribution in [2.45, 2.75) is 6.42 Å². The Hall–Kier alpha value is -2.95. The van der Waals surface area contributed by atoms with Gasteiger partial charge in [-0.15, -0.1) is 0 Å². The number of carbonyl (C=O) groups excluding carboxylic acids is 1. The molecule has 0 atom stereocenters. The standard InChI is InChI=1S/C17H12FNO3/c18-13-6-7-15-14(9-13)12(8-16(20)21)10-19(15)17(22)11-4-2-1-3-5-11/h1-7,9-10H,8H2,(H,20,21). The number of carbonyl (C=O) groups is 2. The van der Waals surface area contributed by atoms with E-state index in [0.717, 1.165) is 0 Å². The maximum Gasteiger partial charge on any atom is 0.307 e. The molecule has 2 aromatic carbocycles. The molecule has 0 saturated heterocycles. The van der Waals surface area contributed by atoms with Crippen molar-refractivity contribution >= 4 is 22.8 Å². The fourth-order valence-corrected chi connectivity index (χ4v) is 2.46. The molecule has 4 nitrogen and oxygen atoms in total. The molecule has 0 unspecified atom stereocenters. The molecule has 3 aromatic rings. The smallest absolute Gasteiger partial charge is 0.307 e. The van der Waals surface area contributed by atoms with Crippen molar-refractivity contribution in [2.75, 3.05) is 0 Å². The van der Waals surface area contributed by atoms with Crippen LogP contribution in [0.1, 0.15) is 15.9 Å². The van der Waals surface area contributed by atoms with E-state index in [1.54, 1.807) is 30.3 Å². The van der Waals surface area contributed by atoms with Gasteiger partial charge in [-0.05, 0) is 35.9 Å². The number of carboxylic acids is 1. The van der Waals surface area contributed by atoms with Gasteiger partial charge in [0.2, 0.25) is 0 Å². The average molecular weight is 297 g/mol. The topological polar surface area (TPSA) is 59.3 Å². The summed E-state index contributed by atoms with van der Waals surface area (Å²) in [6.07, 6.45) is 1.20. The van der Waals surface area contributed by atoms with Crippen molar-refractivity contribution in [1.82, 2.24) is 4.57 Å². The molecule has 5 heteroatoms. The molecule has 0 amide bonds. The fourth-order valence-electron chi connectivity index (χ4n) is 2.46. The van der Waals surface area contributed by atoms with Crippen LogP contribution in [0.3, 0.4) is 0 Å². The average Bonchev–Trinajstić information content (AvgIpc) is 2.85. The molecule has 110 valence electrons. The monoisotopic (exact) mass is 297 g/mol. The first-order valence-electron chi connectivity index (χ1n) is 6.67. The summed E-state index contributed by atoms with van der Waals surface area (Å²) in [6.45, 7) is 0. The van der Waals surface area contributed by atoms with E-state index in [2.05, 4.69) is 0 Å². The van der Waals surface area contributed by atoms with Crippen molar-refractivity contribution in [2.24, 2.45) is 0 Å². The van der Waals surface area contributed by atoms with E-state index in [1.165, 1.54) is 29.0 Å². The Morgan fingerprint density at radius 3 is 2.50 bits per heavy atom. The molecule has 0 aliphatic rings. The Kier molecular flexibility index (Phi) is 3.47. The third kappa shape index (κ3) is 2.48. The van der Waals surface area contributed by atoms with E-state index in [1.807, 2.05) is 0 Å². The van der Waals surface area contributed by atoms with Crippen LogP contribution in [0.25, 0.3) is 10.9 Å². The van der Waals surface area contributed by atoms with Crippen molar-refractivity contribution in [1.29, 1.82) is 0 Å². The molecule has 0 fully saturated rings. The van der Waals surface area contributed by atoms with Crippen LogP contribution in [0.5, 0.6) is 0 Å². The van der Waals surface area contributed by atoms with E-state index in [0.29, 0.717) is 22.0 Å². The number of hydrogen-bond donors (Lipinski definition) is 1. The normalized spacial score (nSPS) is 10.8. The number of fused-ring (bicyclic) bond motifs is 1. The van der Waals surface area contributed by atoms with Crippen molar-refractivity contribution in [3.05, 3.63) is 71.7 Å². The largest absolute Gasteiger partial charge is 0.481 e. The molecule has 0 aliphatic carbocycles. The molecule has 0 radical (unpaired) electrons. The van der Waals surface area contributed by atoms with Crippen molar-refractivity contribution in [3.8, 4) is 0 Å². The van der Waals surface area contributed by atoms with Crippen LogP contribution in [0.2, 0.25) is 0 Å². The third-order valence-electron chi connectivity index (χ3n) is 3.43. The quantitative estimate of drug-likeness (QED) is 0.808. The lowest BCUT2D eigenvalue weighted by Gasteiger charge is -2.03.